The van der Waals surface area contributed by atoms with Crippen molar-refractivity contribution in [2.24, 2.45) is 11.8 Å². The van der Waals surface area contributed by atoms with Crippen molar-refractivity contribution in [3.63, 3.8) is 0 Å². The molecule has 0 saturated heterocycles. The van der Waals surface area contributed by atoms with Gasteiger partial charge in [-0.25, -0.2) is 9.18 Å². The molecule has 0 spiro atoms. The third-order valence-corrected chi connectivity index (χ3v) is 5.84. The average molecular weight is 400 g/mol. The minimum Gasteiger partial charge on any atom is -0.462 e. The Labute approximate surface area is 171 Å². The van der Waals surface area contributed by atoms with Gasteiger partial charge in [0, 0.05) is 29.5 Å². The van der Waals surface area contributed by atoms with Crippen LogP contribution in [0.1, 0.15) is 54.4 Å². The van der Waals surface area contributed by atoms with Gasteiger partial charge in [-0.15, -0.1) is 0 Å². The summed E-state index contributed by atoms with van der Waals surface area (Å²) in [7, 11) is 0. The molecule has 1 heterocycles. The number of aromatic nitrogens is 1. The topological polar surface area (TPSA) is 60.3 Å². The van der Waals surface area contributed by atoms with Gasteiger partial charge >= 0.3 is 5.97 Å². The second-order valence-corrected chi connectivity index (χ2v) is 7.83. The van der Waals surface area contributed by atoms with Crippen molar-refractivity contribution in [3.8, 4) is 0 Å². The van der Waals surface area contributed by atoms with Gasteiger partial charge in [-0.2, -0.15) is 0 Å². The van der Waals surface area contributed by atoms with E-state index in [-0.39, 0.29) is 23.6 Å². The monoisotopic (exact) mass is 400 g/mol. The van der Waals surface area contributed by atoms with E-state index in [9.17, 15) is 14.0 Å². The van der Waals surface area contributed by atoms with Crippen LogP contribution in [0, 0.1) is 31.5 Å². The predicted molar refractivity (Wildman–Crippen MR) is 110 cm³/mol. The molecule has 156 valence electrons. The lowest BCUT2D eigenvalue weighted by molar-refractivity contribution is -0.121. The zero-order valence-electron chi connectivity index (χ0n) is 17.3. The fourth-order valence-corrected chi connectivity index (χ4v) is 4.14. The molecule has 3 rings (SSSR count). The molecule has 0 unspecified atom stereocenters. The molecule has 0 atom stereocenters. The number of hydrogen-bond acceptors (Lipinski definition) is 3. The van der Waals surface area contributed by atoms with E-state index in [1.54, 1.807) is 12.1 Å². The quantitative estimate of drug-likeness (QED) is 0.704. The molecule has 1 aliphatic rings. The zero-order chi connectivity index (χ0) is 21.0. The molecule has 1 fully saturated rings. The highest BCUT2D eigenvalue weighted by molar-refractivity contribution is 5.92. The zero-order valence-corrected chi connectivity index (χ0v) is 17.3. The van der Waals surface area contributed by atoms with Crippen LogP contribution in [0.2, 0.25) is 0 Å². The van der Waals surface area contributed by atoms with Gasteiger partial charge in [-0.05, 0) is 82.7 Å². The lowest BCUT2D eigenvalue weighted by atomic mass is 9.81. The molecule has 0 aliphatic heterocycles. The van der Waals surface area contributed by atoms with Crippen molar-refractivity contribution in [3.05, 3.63) is 53.1 Å². The standard InChI is InChI=1S/C23H29FN2O3/c1-4-29-23(28)21-13-15(2)26(16(21)3)14-17-5-7-18(8-6-17)22(27)25-20-11-9-19(24)10-12-20/h9-13,17-18H,4-8,14H2,1-3H3,(H,25,27). The van der Waals surface area contributed by atoms with Crippen LogP contribution in [0.5, 0.6) is 0 Å². The van der Waals surface area contributed by atoms with E-state index < -0.39 is 0 Å². The van der Waals surface area contributed by atoms with Crippen LogP contribution >= 0.6 is 0 Å². The predicted octanol–water partition coefficient (Wildman–Crippen LogP) is 4.87. The summed E-state index contributed by atoms with van der Waals surface area (Å²) in [5, 5.41) is 2.89. The van der Waals surface area contributed by atoms with Gasteiger partial charge in [-0.3, -0.25) is 4.79 Å². The van der Waals surface area contributed by atoms with Crippen molar-refractivity contribution in [2.45, 2.75) is 53.0 Å². The fraction of sp³-hybridized carbons (Fsp3) is 0.478. The third-order valence-electron chi connectivity index (χ3n) is 5.84. The van der Waals surface area contributed by atoms with E-state index in [0.29, 0.717) is 23.8 Å². The molecule has 29 heavy (non-hydrogen) atoms. The lowest BCUT2D eigenvalue weighted by Gasteiger charge is -2.29. The Kier molecular flexibility index (Phi) is 6.72. The molecule has 0 bridgehead atoms. The summed E-state index contributed by atoms with van der Waals surface area (Å²) < 4.78 is 20.3. The maximum absolute atomic E-state index is 13.0. The van der Waals surface area contributed by atoms with E-state index in [4.69, 9.17) is 4.74 Å². The van der Waals surface area contributed by atoms with Crippen LogP contribution in [0.4, 0.5) is 10.1 Å². The molecule has 1 aliphatic carbocycles. The molecular weight excluding hydrogens is 371 g/mol. The van der Waals surface area contributed by atoms with Crippen LogP contribution < -0.4 is 5.32 Å². The van der Waals surface area contributed by atoms with Crippen LogP contribution in [0.3, 0.4) is 0 Å². The summed E-state index contributed by atoms with van der Waals surface area (Å²) in [6.45, 7) is 7.00. The number of nitrogens with one attached hydrogen (secondary N) is 1. The van der Waals surface area contributed by atoms with Crippen molar-refractivity contribution < 1.29 is 18.7 Å². The number of halogens is 1. The average Bonchev–Trinajstić information content (AvgIpc) is 2.99. The first-order chi connectivity index (χ1) is 13.9. The number of nitrogens with zero attached hydrogens (tertiary/aromatic N) is 1. The summed E-state index contributed by atoms with van der Waals surface area (Å²) in [5.74, 6) is -0.116. The van der Waals surface area contributed by atoms with Crippen LogP contribution in [0.25, 0.3) is 0 Å². The molecule has 1 amide bonds. The molecule has 0 radical (unpaired) electrons. The molecular formula is C23H29FN2O3. The van der Waals surface area contributed by atoms with E-state index in [1.165, 1.54) is 12.1 Å². The van der Waals surface area contributed by atoms with Crippen LogP contribution in [0.15, 0.2) is 30.3 Å². The smallest absolute Gasteiger partial charge is 0.339 e. The van der Waals surface area contributed by atoms with E-state index in [0.717, 1.165) is 43.6 Å². The number of carbonyl (C=O) groups is 2. The highest BCUT2D eigenvalue weighted by Gasteiger charge is 2.27. The number of ether oxygens (including phenoxy) is 1. The van der Waals surface area contributed by atoms with Crippen molar-refractivity contribution >= 4 is 17.6 Å². The summed E-state index contributed by atoms with van der Waals surface area (Å²) in [6, 6.07) is 7.75. The van der Waals surface area contributed by atoms with Crippen molar-refractivity contribution in [2.75, 3.05) is 11.9 Å². The fourth-order valence-electron chi connectivity index (χ4n) is 4.14. The third kappa shape index (κ3) is 5.05. The minimum atomic E-state index is -0.315. The Morgan fingerprint density at radius 3 is 2.41 bits per heavy atom. The van der Waals surface area contributed by atoms with E-state index in [1.807, 2.05) is 26.8 Å². The molecule has 1 N–H and O–H groups in total. The molecule has 1 aromatic carbocycles. The number of anilines is 1. The summed E-state index contributed by atoms with van der Waals surface area (Å²) in [4.78, 5) is 24.6. The highest BCUT2D eigenvalue weighted by Crippen LogP contribution is 2.32. The number of aryl methyl sites for hydroxylation is 1. The maximum Gasteiger partial charge on any atom is 0.339 e. The van der Waals surface area contributed by atoms with Gasteiger partial charge < -0.3 is 14.6 Å². The van der Waals surface area contributed by atoms with Gasteiger partial charge in [-0.1, -0.05) is 0 Å². The largest absolute Gasteiger partial charge is 0.462 e. The second-order valence-electron chi connectivity index (χ2n) is 7.83. The number of rotatable bonds is 6. The summed E-state index contributed by atoms with van der Waals surface area (Å²) >= 11 is 0. The molecule has 2 aromatic rings. The molecule has 1 saturated carbocycles. The Hall–Kier alpha value is -2.63. The molecule has 1 aromatic heterocycles. The Bertz CT molecular complexity index is 865. The number of amides is 1. The van der Waals surface area contributed by atoms with Gasteiger partial charge in [0.1, 0.15) is 5.82 Å². The van der Waals surface area contributed by atoms with E-state index in [2.05, 4.69) is 9.88 Å². The number of carbonyl (C=O) groups excluding carboxylic acids is 2. The Morgan fingerprint density at radius 1 is 1.14 bits per heavy atom. The van der Waals surface area contributed by atoms with Gasteiger partial charge in [0.15, 0.2) is 0 Å². The maximum atomic E-state index is 13.0. The molecule has 6 heteroatoms. The normalized spacial score (nSPS) is 19.0. The number of benzene rings is 1. The Morgan fingerprint density at radius 2 is 1.79 bits per heavy atom. The van der Waals surface area contributed by atoms with Gasteiger partial charge in [0.05, 0.1) is 12.2 Å². The first-order valence-corrected chi connectivity index (χ1v) is 10.3. The summed E-state index contributed by atoms with van der Waals surface area (Å²) in [6.07, 6.45) is 3.60. The van der Waals surface area contributed by atoms with Crippen LogP contribution in [-0.4, -0.2) is 23.1 Å². The van der Waals surface area contributed by atoms with Crippen molar-refractivity contribution in [1.82, 2.24) is 4.57 Å². The number of hydrogen-bond donors (Lipinski definition) is 1. The Balaban J connectivity index is 1.55. The first-order valence-electron chi connectivity index (χ1n) is 10.3. The minimum absolute atomic E-state index is 0.00739. The number of esters is 1. The van der Waals surface area contributed by atoms with Crippen molar-refractivity contribution in [1.29, 1.82) is 0 Å². The second kappa shape index (κ2) is 9.25. The van der Waals surface area contributed by atoms with Gasteiger partial charge in [0.2, 0.25) is 5.91 Å². The van der Waals surface area contributed by atoms with Gasteiger partial charge in [0.25, 0.3) is 0 Å². The van der Waals surface area contributed by atoms with E-state index >= 15 is 0 Å². The lowest BCUT2D eigenvalue weighted by Crippen LogP contribution is -2.28. The highest BCUT2D eigenvalue weighted by atomic mass is 19.1. The van der Waals surface area contributed by atoms with Crippen LogP contribution in [-0.2, 0) is 16.1 Å². The SMILES string of the molecule is CCOC(=O)c1cc(C)n(CC2CCC(C(=O)Nc3ccc(F)cc3)CC2)c1C. The summed E-state index contributed by atoms with van der Waals surface area (Å²) in [5.41, 5.74) is 3.26. The molecule has 5 nitrogen and oxygen atoms in total. The first kappa shape index (κ1) is 21.1.